The zero-order valence-electron chi connectivity index (χ0n) is 17.9. The van der Waals surface area contributed by atoms with Crippen LogP contribution in [0.25, 0.3) is 0 Å². The Morgan fingerprint density at radius 2 is 1.83 bits per heavy atom. The zero-order chi connectivity index (χ0) is 20.8. The molecule has 0 radical (unpaired) electrons. The summed E-state index contributed by atoms with van der Waals surface area (Å²) in [7, 11) is 0.277. The number of hydrogen-bond acceptors (Lipinski definition) is 5. The highest BCUT2D eigenvalue weighted by Gasteiger charge is 2.12. The molecule has 0 unspecified atom stereocenters. The van der Waals surface area contributed by atoms with Gasteiger partial charge in [-0.15, -0.1) is 24.0 Å². The van der Waals surface area contributed by atoms with Gasteiger partial charge < -0.3 is 20.3 Å². The first-order valence-corrected chi connectivity index (χ1v) is 11.1. The second-order valence-corrected chi connectivity index (χ2v) is 8.31. The molecule has 168 valence electrons. The van der Waals surface area contributed by atoms with E-state index in [2.05, 4.69) is 32.3 Å². The number of guanidine groups is 1. The van der Waals surface area contributed by atoms with Crippen LogP contribution < -0.4 is 15.4 Å². The van der Waals surface area contributed by atoms with Crippen LogP contribution in [0.1, 0.15) is 18.9 Å². The van der Waals surface area contributed by atoms with E-state index in [-0.39, 0.29) is 35.4 Å². The molecule has 1 aromatic rings. The second-order valence-electron chi connectivity index (χ2n) is 6.55. The second kappa shape index (κ2) is 15.8. The summed E-state index contributed by atoms with van der Waals surface area (Å²) in [6, 6.07) is 6.78. The number of halogens is 1. The summed E-state index contributed by atoms with van der Waals surface area (Å²) in [5, 5.41) is 6.43. The van der Waals surface area contributed by atoms with Crippen LogP contribution in [0.5, 0.6) is 0 Å². The third-order valence-electron chi connectivity index (χ3n) is 4.02. The van der Waals surface area contributed by atoms with Crippen LogP contribution in [0.2, 0.25) is 0 Å². The molecule has 0 fully saturated rings. The predicted molar refractivity (Wildman–Crippen MR) is 130 cm³/mol. The van der Waals surface area contributed by atoms with Gasteiger partial charge in [-0.1, -0.05) is 17.7 Å². The molecule has 1 aromatic carbocycles. The highest BCUT2D eigenvalue weighted by molar-refractivity contribution is 14.0. The molecule has 8 nitrogen and oxygen atoms in total. The molecule has 3 N–H and O–H groups in total. The summed E-state index contributed by atoms with van der Waals surface area (Å²) in [6.45, 7) is 8.63. The minimum atomic E-state index is -3.50. The van der Waals surface area contributed by atoms with Gasteiger partial charge in [0.05, 0.1) is 11.4 Å². The Bertz CT molecular complexity index is 684. The van der Waals surface area contributed by atoms with Gasteiger partial charge in [-0.2, -0.15) is 0 Å². The number of aryl methyl sites for hydroxylation is 1. The molecule has 0 spiro atoms. The molecule has 29 heavy (non-hydrogen) atoms. The Labute approximate surface area is 192 Å². The molecule has 0 aliphatic carbocycles. The van der Waals surface area contributed by atoms with Crippen molar-refractivity contribution in [3.63, 3.8) is 0 Å². The molecular weight excluding hydrogens is 505 g/mol. The first-order valence-electron chi connectivity index (χ1n) is 9.65. The van der Waals surface area contributed by atoms with Gasteiger partial charge in [-0.3, -0.25) is 4.99 Å². The maximum absolute atomic E-state index is 12.3. The monoisotopic (exact) mass is 541 g/mol. The first-order chi connectivity index (χ1) is 13.4. The Kier molecular flexibility index (Phi) is 15.3. The van der Waals surface area contributed by atoms with Gasteiger partial charge in [0.2, 0.25) is 10.0 Å². The minimum absolute atomic E-state index is 0. The van der Waals surface area contributed by atoms with Crippen LogP contribution in [-0.4, -0.2) is 79.3 Å². The zero-order valence-corrected chi connectivity index (χ0v) is 21.0. The van der Waals surface area contributed by atoms with Crippen LogP contribution in [0.4, 0.5) is 0 Å². The first kappa shape index (κ1) is 28.1. The molecule has 10 heteroatoms. The van der Waals surface area contributed by atoms with Crippen LogP contribution >= 0.6 is 24.0 Å². The largest absolute Gasteiger partial charge is 0.385 e. The molecular formula is C19H36IN5O3S. The molecule has 0 aromatic heterocycles. The summed E-state index contributed by atoms with van der Waals surface area (Å²) >= 11 is 0. The van der Waals surface area contributed by atoms with E-state index in [1.807, 2.05) is 13.8 Å². The van der Waals surface area contributed by atoms with Gasteiger partial charge in [0.1, 0.15) is 0 Å². The Morgan fingerprint density at radius 3 is 2.45 bits per heavy atom. The summed E-state index contributed by atoms with van der Waals surface area (Å²) in [4.78, 5) is 6.92. The average molecular weight is 542 g/mol. The standard InChI is InChI=1S/C19H35N5O3S.HI/c1-5-20-19(22-13-15-24(3)14-6-16-27-4)21-11-12-23-28(25,26)18-9-7-17(2)8-10-18;/h7-10,23H,5-6,11-16H2,1-4H3,(H2,20,21,22);1H. The summed E-state index contributed by atoms with van der Waals surface area (Å²) in [5.74, 6) is 0.683. The van der Waals surface area contributed by atoms with Crippen molar-refractivity contribution < 1.29 is 13.2 Å². The lowest BCUT2D eigenvalue weighted by Gasteiger charge is -2.18. The molecule has 0 saturated carbocycles. The number of rotatable bonds is 13. The van der Waals surface area contributed by atoms with E-state index in [0.29, 0.717) is 12.5 Å². The Balaban J connectivity index is 0.00000784. The number of aliphatic imine (C=N–C) groups is 1. The molecule has 0 heterocycles. The van der Waals surface area contributed by atoms with E-state index in [9.17, 15) is 8.42 Å². The number of hydrogen-bond donors (Lipinski definition) is 3. The lowest BCUT2D eigenvalue weighted by Crippen LogP contribution is -2.41. The van der Waals surface area contributed by atoms with E-state index < -0.39 is 10.0 Å². The highest BCUT2D eigenvalue weighted by atomic mass is 127. The van der Waals surface area contributed by atoms with Gasteiger partial charge in [-0.25, -0.2) is 13.1 Å². The van der Waals surface area contributed by atoms with Gasteiger partial charge in [0.15, 0.2) is 5.96 Å². The van der Waals surface area contributed by atoms with Crippen LogP contribution in [0, 0.1) is 6.92 Å². The van der Waals surface area contributed by atoms with Crippen molar-refractivity contribution in [2.75, 3.05) is 60.0 Å². The number of nitrogens with zero attached hydrogens (tertiary/aromatic N) is 2. The minimum Gasteiger partial charge on any atom is -0.385 e. The van der Waals surface area contributed by atoms with Crippen molar-refractivity contribution in [1.82, 2.24) is 20.3 Å². The van der Waals surface area contributed by atoms with E-state index in [4.69, 9.17) is 4.74 Å². The van der Waals surface area contributed by atoms with E-state index in [1.54, 1.807) is 31.4 Å². The summed E-state index contributed by atoms with van der Waals surface area (Å²) < 4.78 is 32.2. The van der Waals surface area contributed by atoms with Gasteiger partial charge >= 0.3 is 0 Å². The molecule has 0 bridgehead atoms. The fourth-order valence-corrected chi connectivity index (χ4v) is 3.47. The van der Waals surface area contributed by atoms with Crippen molar-refractivity contribution >= 4 is 40.0 Å². The smallest absolute Gasteiger partial charge is 0.240 e. The molecule has 0 saturated heterocycles. The van der Waals surface area contributed by atoms with Gasteiger partial charge in [0, 0.05) is 46.4 Å². The van der Waals surface area contributed by atoms with Crippen molar-refractivity contribution in [3.05, 3.63) is 29.8 Å². The Morgan fingerprint density at radius 1 is 1.14 bits per heavy atom. The third kappa shape index (κ3) is 12.4. The van der Waals surface area contributed by atoms with E-state index in [0.717, 1.165) is 44.8 Å². The lowest BCUT2D eigenvalue weighted by atomic mass is 10.2. The third-order valence-corrected chi connectivity index (χ3v) is 5.50. The van der Waals surface area contributed by atoms with Crippen molar-refractivity contribution in [2.24, 2.45) is 4.99 Å². The van der Waals surface area contributed by atoms with E-state index >= 15 is 0 Å². The number of sulfonamides is 1. The topological polar surface area (TPSA) is 95.1 Å². The number of benzene rings is 1. The number of likely N-dealkylation sites (N-methyl/N-ethyl adjacent to an activating group) is 1. The number of nitrogens with one attached hydrogen (secondary N) is 3. The average Bonchev–Trinajstić information content (AvgIpc) is 2.65. The van der Waals surface area contributed by atoms with Gasteiger partial charge in [-0.05, 0) is 39.4 Å². The van der Waals surface area contributed by atoms with Crippen LogP contribution in [-0.2, 0) is 14.8 Å². The van der Waals surface area contributed by atoms with E-state index in [1.165, 1.54) is 0 Å². The predicted octanol–water partition coefficient (Wildman–Crippen LogP) is 1.41. The normalized spacial score (nSPS) is 12.0. The SMILES string of the molecule is CCNC(=NCCNS(=O)(=O)c1ccc(C)cc1)NCCN(C)CCCOC.I. The molecule has 0 atom stereocenters. The van der Waals surface area contributed by atoms with Crippen molar-refractivity contribution in [2.45, 2.75) is 25.2 Å². The molecule has 0 amide bonds. The maximum Gasteiger partial charge on any atom is 0.240 e. The molecule has 0 aliphatic heterocycles. The highest BCUT2D eigenvalue weighted by Crippen LogP contribution is 2.09. The molecule has 1 rings (SSSR count). The van der Waals surface area contributed by atoms with Crippen molar-refractivity contribution in [3.8, 4) is 0 Å². The maximum atomic E-state index is 12.3. The fourth-order valence-electron chi connectivity index (χ4n) is 2.45. The fraction of sp³-hybridized carbons (Fsp3) is 0.632. The van der Waals surface area contributed by atoms with Crippen molar-refractivity contribution in [1.29, 1.82) is 0 Å². The van der Waals surface area contributed by atoms with Gasteiger partial charge in [0.25, 0.3) is 0 Å². The number of methoxy groups -OCH3 is 1. The molecule has 0 aliphatic rings. The van der Waals surface area contributed by atoms with Crippen LogP contribution in [0.3, 0.4) is 0 Å². The summed E-state index contributed by atoms with van der Waals surface area (Å²) in [6.07, 6.45) is 1.00. The van der Waals surface area contributed by atoms with Crippen LogP contribution in [0.15, 0.2) is 34.2 Å². The number of ether oxygens (including phenoxy) is 1. The summed E-state index contributed by atoms with van der Waals surface area (Å²) in [5.41, 5.74) is 1.02. The quantitative estimate of drug-likeness (QED) is 0.151. The lowest BCUT2D eigenvalue weighted by molar-refractivity contribution is 0.180. The Hall–Kier alpha value is -0.950.